The summed E-state index contributed by atoms with van der Waals surface area (Å²) in [6.07, 6.45) is 7.74. The molecule has 8 nitrogen and oxygen atoms in total. The molecule has 0 spiro atoms. The lowest BCUT2D eigenvalue weighted by Crippen LogP contribution is -2.25. The molecule has 0 aliphatic heterocycles. The Morgan fingerprint density at radius 3 is 2.73 bits per heavy atom. The van der Waals surface area contributed by atoms with E-state index in [1.165, 1.54) is 4.57 Å². The number of aryl methyl sites for hydroxylation is 1. The van der Waals surface area contributed by atoms with Crippen molar-refractivity contribution in [3.63, 3.8) is 0 Å². The number of anilines is 1. The topological polar surface area (TPSA) is 82.2 Å². The second kappa shape index (κ2) is 9.01. The van der Waals surface area contributed by atoms with Gasteiger partial charge in [-0.2, -0.15) is 0 Å². The first-order chi connectivity index (χ1) is 16.0. The van der Waals surface area contributed by atoms with Crippen LogP contribution in [0.2, 0.25) is 0 Å². The summed E-state index contributed by atoms with van der Waals surface area (Å²) in [6.45, 7) is 2.14. The van der Waals surface area contributed by atoms with Crippen molar-refractivity contribution < 1.29 is 13.5 Å². The van der Waals surface area contributed by atoms with Crippen LogP contribution in [-0.2, 0) is 11.3 Å². The Morgan fingerprint density at radius 1 is 1.15 bits per heavy atom. The smallest absolute Gasteiger partial charge is 0.256 e. The lowest BCUT2D eigenvalue weighted by molar-refractivity contribution is 0.0585. The van der Waals surface area contributed by atoms with Crippen molar-refractivity contribution in [2.45, 2.75) is 51.7 Å². The van der Waals surface area contributed by atoms with Crippen LogP contribution in [0.15, 0.2) is 30.7 Å². The maximum absolute atomic E-state index is 13.0. The van der Waals surface area contributed by atoms with E-state index in [-0.39, 0.29) is 0 Å². The predicted molar refractivity (Wildman–Crippen MR) is 121 cm³/mol. The summed E-state index contributed by atoms with van der Waals surface area (Å²) < 4.78 is 34.8. The summed E-state index contributed by atoms with van der Waals surface area (Å²) in [5, 5.41) is 7.96. The molecule has 1 aliphatic rings. The van der Waals surface area contributed by atoms with Gasteiger partial charge in [0.1, 0.15) is 5.82 Å². The van der Waals surface area contributed by atoms with Crippen LogP contribution in [0, 0.1) is 12.8 Å². The molecule has 33 heavy (non-hydrogen) atoms. The third-order valence-electron chi connectivity index (χ3n) is 6.52. The van der Waals surface area contributed by atoms with Gasteiger partial charge in [-0.05, 0) is 50.7 Å². The van der Waals surface area contributed by atoms with E-state index >= 15 is 0 Å². The molecule has 10 heteroatoms. The molecule has 4 aromatic heterocycles. The molecule has 0 atom stereocenters. The highest BCUT2D eigenvalue weighted by molar-refractivity contribution is 5.85. The first-order valence-electron chi connectivity index (χ1n) is 11.2. The summed E-state index contributed by atoms with van der Waals surface area (Å²) in [5.74, 6) is 1.69. The van der Waals surface area contributed by atoms with Gasteiger partial charge in [-0.3, -0.25) is 0 Å². The zero-order valence-electron chi connectivity index (χ0n) is 18.7. The molecule has 0 aromatic carbocycles. The van der Waals surface area contributed by atoms with Gasteiger partial charge in [0.25, 0.3) is 6.43 Å². The second-order valence-electron chi connectivity index (χ2n) is 8.63. The molecule has 1 N–H and O–H groups in total. The number of nitrogens with zero attached hydrogens (tertiary/aromatic N) is 6. The van der Waals surface area contributed by atoms with E-state index in [1.807, 2.05) is 18.3 Å². The Balaban J connectivity index is 1.36. The number of imidazole rings is 1. The molecular weight excluding hydrogens is 428 g/mol. The monoisotopic (exact) mass is 455 g/mol. The Labute approximate surface area is 190 Å². The van der Waals surface area contributed by atoms with E-state index in [1.54, 1.807) is 30.9 Å². The molecule has 0 bridgehead atoms. The fourth-order valence-electron chi connectivity index (χ4n) is 4.67. The molecular formula is C23H27F2N7O. The normalized spacial score (nSPS) is 19.1. The molecule has 0 unspecified atom stereocenters. The molecule has 0 radical (unpaired) electrons. The fraction of sp³-hybridized carbons (Fsp3) is 0.478. The molecule has 1 aliphatic carbocycles. The number of aromatic nitrogens is 6. The minimum absolute atomic E-state index is 0.388. The Bertz CT molecular complexity index is 1260. The third kappa shape index (κ3) is 4.39. The minimum atomic E-state index is -2.46. The number of hydrogen-bond donors (Lipinski definition) is 1. The van der Waals surface area contributed by atoms with Crippen LogP contribution >= 0.6 is 0 Å². The van der Waals surface area contributed by atoms with E-state index in [0.29, 0.717) is 35.0 Å². The number of ether oxygens (including phenoxy) is 1. The summed E-state index contributed by atoms with van der Waals surface area (Å²) in [5.41, 5.74) is 3.56. The molecule has 5 rings (SSSR count). The van der Waals surface area contributed by atoms with Gasteiger partial charge in [-0.25, -0.2) is 28.2 Å². The molecule has 4 aromatic rings. The van der Waals surface area contributed by atoms with Crippen molar-refractivity contribution in [1.29, 1.82) is 0 Å². The maximum Gasteiger partial charge on any atom is 0.256 e. The van der Waals surface area contributed by atoms with Crippen molar-refractivity contribution in [3.8, 4) is 11.1 Å². The minimum Gasteiger partial charge on any atom is -0.381 e. The number of methoxy groups -OCH3 is 1. The van der Waals surface area contributed by atoms with Gasteiger partial charge >= 0.3 is 0 Å². The molecule has 0 saturated heterocycles. The average molecular weight is 456 g/mol. The Kier molecular flexibility index (Phi) is 5.92. The van der Waals surface area contributed by atoms with Gasteiger partial charge in [-0.15, -0.1) is 5.10 Å². The number of rotatable bonds is 7. The van der Waals surface area contributed by atoms with Gasteiger partial charge < -0.3 is 14.6 Å². The fourth-order valence-corrected chi connectivity index (χ4v) is 4.67. The molecule has 4 heterocycles. The van der Waals surface area contributed by atoms with E-state index < -0.39 is 13.0 Å². The maximum atomic E-state index is 13.0. The van der Waals surface area contributed by atoms with Gasteiger partial charge in [0.05, 0.1) is 29.9 Å². The summed E-state index contributed by atoms with van der Waals surface area (Å²) >= 11 is 0. The first-order valence-corrected chi connectivity index (χ1v) is 11.2. The number of alkyl halides is 2. The average Bonchev–Trinajstić information content (AvgIpc) is 3.38. The van der Waals surface area contributed by atoms with E-state index in [2.05, 4.69) is 25.4 Å². The van der Waals surface area contributed by atoms with Gasteiger partial charge in [-0.1, -0.05) is 0 Å². The number of halogens is 2. The largest absolute Gasteiger partial charge is 0.381 e. The number of fused-ring (bicyclic) bond motifs is 2. The summed E-state index contributed by atoms with van der Waals surface area (Å²) in [7, 11) is 1.78. The highest BCUT2D eigenvalue weighted by Crippen LogP contribution is 2.29. The van der Waals surface area contributed by atoms with Crippen molar-refractivity contribution in [1.82, 2.24) is 29.1 Å². The standard InChI is InChI=1S/C23H27F2N7O/c1-14-29-22-19(31(14)13-21(24)25)9-16(11-26-22)18-7-8-32-20(18)12-28-23(30-32)27-10-15-3-5-17(33-2)6-4-15/h7-9,11-12,15,17,21H,3-6,10,13H2,1-2H3,(H,27,30). The first kappa shape index (κ1) is 21.7. The molecule has 0 amide bonds. The van der Waals surface area contributed by atoms with Gasteiger partial charge in [0.2, 0.25) is 5.95 Å². The van der Waals surface area contributed by atoms with Gasteiger partial charge in [0, 0.05) is 37.2 Å². The number of nitrogens with one attached hydrogen (secondary N) is 1. The predicted octanol–water partition coefficient (Wildman–Crippen LogP) is 4.33. The summed E-state index contributed by atoms with van der Waals surface area (Å²) in [4.78, 5) is 13.2. The van der Waals surface area contributed by atoms with Crippen molar-refractivity contribution in [3.05, 3.63) is 36.5 Å². The van der Waals surface area contributed by atoms with Crippen LogP contribution < -0.4 is 5.32 Å². The lowest BCUT2D eigenvalue weighted by atomic mass is 9.87. The van der Waals surface area contributed by atoms with Crippen LogP contribution in [0.5, 0.6) is 0 Å². The van der Waals surface area contributed by atoms with E-state index in [9.17, 15) is 8.78 Å². The highest BCUT2D eigenvalue weighted by atomic mass is 19.3. The van der Waals surface area contributed by atoms with Crippen LogP contribution in [-0.4, -0.2) is 55.3 Å². The zero-order chi connectivity index (χ0) is 22.9. The number of hydrogen-bond acceptors (Lipinski definition) is 6. The highest BCUT2D eigenvalue weighted by Gasteiger charge is 2.21. The lowest BCUT2D eigenvalue weighted by Gasteiger charge is -2.27. The van der Waals surface area contributed by atoms with Crippen molar-refractivity contribution in [2.24, 2.45) is 5.92 Å². The van der Waals surface area contributed by atoms with E-state index in [0.717, 1.165) is 48.9 Å². The van der Waals surface area contributed by atoms with Crippen LogP contribution in [0.4, 0.5) is 14.7 Å². The quantitative estimate of drug-likeness (QED) is 0.447. The van der Waals surface area contributed by atoms with Crippen LogP contribution in [0.25, 0.3) is 27.8 Å². The van der Waals surface area contributed by atoms with Crippen LogP contribution in [0.3, 0.4) is 0 Å². The zero-order valence-corrected chi connectivity index (χ0v) is 18.7. The molecule has 1 saturated carbocycles. The summed E-state index contributed by atoms with van der Waals surface area (Å²) in [6, 6.07) is 3.78. The van der Waals surface area contributed by atoms with Gasteiger partial charge in [0.15, 0.2) is 5.65 Å². The van der Waals surface area contributed by atoms with E-state index in [4.69, 9.17) is 4.74 Å². The molecule has 174 valence electrons. The van der Waals surface area contributed by atoms with Crippen LogP contribution in [0.1, 0.15) is 31.5 Å². The van der Waals surface area contributed by atoms with Crippen molar-refractivity contribution in [2.75, 3.05) is 19.0 Å². The van der Waals surface area contributed by atoms with Crippen molar-refractivity contribution >= 4 is 22.6 Å². The Hall–Kier alpha value is -3.14. The Morgan fingerprint density at radius 2 is 1.97 bits per heavy atom. The third-order valence-corrected chi connectivity index (χ3v) is 6.52. The molecule has 1 fully saturated rings. The second-order valence-corrected chi connectivity index (χ2v) is 8.63. The number of pyridine rings is 1. The SMILES string of the molecule is COC1CCC(CNc2ncc3c(-c4cnc5nc(C)n(CC(F)F)c5c4)ccn3n2)CC1.